The molecule has 1 saturated carbocycles. The highest BCUT2D eigenvalue weighted by Crippen LogP contribution is 2.26. The van der Waals surface area contributed by atoms with E-state index in [0.29, 0.717) is 18.0 Å². The summed E-state index contributed by atoms with van der Waals surface area (Å²) in [4.78, 5) is 28.9. The van der Waals surface area contributed by atoms with Crippen LogP contribution >= 0.6 is 0 Å². The van der Waals surface area contributed by atoms with E-state index in [2.05, 4.69) is 5.32 Å². The summed E-state index contributed by atoms with van der Waals surface area (Å²) >= 11 is 0. The molecular weight excluding hydrogens is 538 g/mol. The Morgan fingerprint density at radius 2 is 1.51 bits per heavy atom. The average molecular weight is 578 g/mol. The van der Waals surface area contributed by atoms with Gasteiger partial charge in [0.2, 0.25) is 11.8 Å². The van der Waals surface area contributed by atoms with Gasteiger partial charge >= 0.3 is 0 Å². The Bertz CT molecular complexity index is 1380. The molecule has 4 rings (SSSR count). The number of nitrogens with zero attached hydrogens (tertiary/aromatic N) is 2. The fourth-order valence-corrected chi connectivity index (χ4v) is 6.47. The quantitative estimate of drug-likeness (QED) is 0.321. The molecule has 0 heterocycles. The van der Waals surface area contributed by atoms with Gasteiger partial charge in [-0.2, -0.15) is 0 Å². The second kappa shape index (κ2) is 14.2. The van der Waals surface area contributed by atoms with Gasteiger partial charge in [0.1, 0.15) is 18.3 Å². The van der Waals surface area contributed by atoms with E-state index in [0.717, 1.165) is 35.6 Å². The summed E-state index contributed by atoms with van der Waals surface area (Å²) in [5.74, 6) is -0.152. The van der Waals surface area contributed by atoms with E-state index in [4.69, 9.17) is 4.74 Å². The van der Waals surface area contributed by atoms with E-state index in [-0.39, 0.29) is 23.4 Å². The summed E-state index contributed by atoms with van der Waals surface area (Å²) < 4.78 is 34.4. The lowest BCUT2D eigenvalue weighted by Crippen LogP contribution is -2.53. The third-order valence-corrected chi connectivity index (χ3v) is 9.15. The number of para-hydroxylation sites is 1. The van der Waals surface area contributed by atoms with E-state index in [9.17, 15) is 18.0 Å². The van der Waals surface area contributed by atoms with Crippen LogP contribution in [0, 0.1) is 0 Å². The first-order valence-corrected chi connectivity index (χ1v) is 15.7. The van der Waals surface area contributed by atoms with Crippen LogP contribution in [0.5, 0.6) is 5.75 Å². The van der Waals surface area contributed by atoms with E-state index < -0.39 is 28.5 Å². The number of amides is 2. The fourth-order valence-electron chi connectivity index (χ4n) is 5.06. The predicted octanol–water partition coefficient (Wildman–Crippen LogP) is 5.15. The minimum Gasteiger partial charge on any atom is -0.494 e. The monoisotopic (exact) mass is 577 g/mol. The number of anilines is 1. The molecule has 3 aromatic rings. The zero-order valence-electron chi connectivity index (χ0n) is 23.7. The SMILES string of the molecule is CCOc1ccc(S(=O)(=O)N(CC(=O)N(Cc2ccccc2)C(C)C(=O)NC2CCCCC2)c2ccccc2)cc1. The van der Waals surface area contributed by atoms with E-state index in [1.54, 1.807) is 49.4 Å². The van der Waals surface area contributed by atoms with Gasteiger partial charge in [0.15, 0.2) is 0 Å². The summed E-state index contributed by atoms with van der Waals surface area (Å²) in [6.07, 6.45) is 5.15. The van der Waals surface area contributed by atoms with Crippen LogP contribution in [0.15, 0.2) is 89.8 Å². The van der Waals surface area contributed by atoms with Crippen molar-refractivity contribution in [3.8, 4) is 5.75 Å². The molecule has 1 aliphatic rings. The molecule has 0 radical (unpaired) electrons. The molecule has 1 aliphatic carbocycles. The van der Waals surface area contributed by atoms with Gasteiger partial charge in [-0.05, 0) is 68.7 Å². The zero-order valence-corrected chi connectivity index (χ0v) is 24.6. The molecule has 0 saturated heterocycles. The number of carbonyl (C=O) groups is 2. The molecule has 1 N–H and O–H groups in total. The highest BCUT2D eigenvalue weighted by molar-refractivity contribution is 7.92. The highest BCUT2D eigenvalue weighted by atomic mass is 32.2. The van der Waals surface area contributed by atoms with E-state index in [1.165, 1.54) is 23.5 Å². The van der Waals surface area contributed by atoms with Crippen LogP contribution in [0.2, 0.25) is 0 Å². The van der Waals surface area contributed by atoms with Gasteiger partial charge in [0.05, 0.1) is 17.2 Å². The highest BCUT2D eigenvalue weighted by Gasteiger charge is 2.33. The van der Waals surface area contributed by atoms with Crippen molar-refractivity contribution in [2.24, 2.45) is 0 Å². The molecule has 0 aliphatic heterocycles. The van der Waals surface area contributed by atoms with Crippen LogP contribution in [0.4, 0.5) is 5.69 Å². The normalized spacial score (nSPS) is 14.6. The van der Waals surface area contributed by atoms with E-state index in [1.807, 2.05) is 37.3 Å². The standard InChI is InChI=1S/C32H39N3O5S/c1-3-40-29-19-21-30(22-20-29)41(38,39)35(28-17-11-6-12-18-28)24-31(36)34(23-26-13-7-4-8-14-26)25(2)32(37)33-27-15-9-5-10-16-27/h4,6-8,11-14,17-22,25,27H,3,5,9-10,15-16,23-24H2,1-2H3,(H,33,37). The number of benzene rings is 3. The number of rotatable bonds is 12. The summed E-state index contributed by atoms with van der Waals surface area (Å²) in [5.41, 5.74) is 1.20. The van der Waals surface area contributed by atoms with Crippen LogP contribution in [-0.2, 0) is 26.2 Å². The van der Waals surface area contributed by atoms with Crippen LogP contribution in [0.3, 0.4) is 0 Å². The molecule has 218 valence electrons. The van der Waals surface area contributed by atoms with E-state index >= 15 is 0 Å². The summed E-state index contributed by atoms with van der Waals surface area (Å²) in [6, 6.07) is 23.4. The minimum atomic E-state index is -4.13. The topological polar surface area (TPSA) is 96.0 Å². The van der Waals surface area contributed by atoms with Crippen LogP contribution in [-0.4, -0.2) is 50.4 Å². The van der Waals surface area contributed by atoms with Gasteiger partial charge in [-0.15, -0.1) is 0 Å². The van der Waals surface area contributed by atoms with Crippen LogP contribution in [0.1, 0.15) is 51.5 Å². The fraction of sp³-hybridized carbons (Fsp3) is 0.375. The largest absolute Gasteiger partial charge is 0.494 e. The van der Waals surface area contributed by atoms with Gasteiger partial charge in [-0.25, -0.2) is 8.42 Å². The van der Waals surface area contributed by atoms with Crippen molar-refractivity contribution in [1.29, 1.82) is 0 Å². The first kappa shape index (κ1) is 30.1. The maximum Gasteiger partial charge on any atom is 0.264 e. The van der Waals surface area contributed by atoms with Gasteiger partial charge in [-0.1, -0.05) is 67.8 Å². The van der Waals surface area contributed by atoms with Crippen molar-refractivity contribution in [2.75, 3.05) is 17.5 Å². The maximum atomic E-state index is 14.0. The van der Waals surface area contributed by atoms with Gasteiger partial charge in [0, 0.05) is 12.6 Å². The summed E-state index contributed by atoms with van der Waals surface area (Å²) in [7, 11) is -4.13. The zero-order chi connectivity index (χ0) is 29.2. The molecule has 41 heavy (non-hydrogen) atoms. The third kappa shape index (κ3) is 7.88. The number of hydrogen-bond acceptors (Lipinski definition) is 5. The number of sulfonamides is 1. The molecular formula is C32H39N3O5S. The Morgan fingerprint density at radius 3 is 2.12 bits per heavy atom. The Kier molecular flexibility index (Phi) is 10.4. The van der Waals surface area contributed by atoms with Crippen molar-refractivity contribution in [3.05, 3.63) is 90.5 Å². The molecule has 1 fully saturated rings. The molecule has 9 heteroatoms. The third-order valence-electron chi connectivity index (χ3n) is 7.36. The molecule has 1 atom stereocenters. The van der Waals surface area contributed by atoms with Crippen LogP contribution in [0.25, 0.3) is 0 Å². The molecule has 0 aromatic heterocycles. The Morgan fingerprint density at radius 1 is 0.902 bits per heavy atom. The predicted molar refractivity (Wildman–Crippen MR) is 160 cm³/mol. The molecule has 2 amide bonds. The Balaban J connectivity index is 1.63. The first-order valence-electron chi connectivity index (χ1n) is 14.2. The lowest BCUT2D eigenvalue weighted by molar-refractivity contribution is -0.139. The van der Waals surface area contributed by atoms with Crippen molar-refractivity contribution in [3.63, 3.8) is 0 Å². The lowest BCUT2D eigenvalue weighted by atomic mass is 9.95. The van der Waals surface area contributed by atoms with Gasteiger partial charge in [0.25, 0.3) is 10.0 Å². The van der Waals surface area contributed by atoms with Crippen molar-refractivity contribution < 1.29 is 22.7 Å². The second-order valence-corrected chi connectivity index (χ2v) is 12.1. The minimum absolute atomic E-state index is 0.0373. The second-order valence-electron chi connectivity index (χ2n) is 10.3. The average Bonchev–Trinajstić information content (AvgIpc) is 3.00. The lowest BCUT2D eigenvalue weighted by Gasteiger charge is -2.33. The molecule has 0 bridgehead atoms. The number of nitrogens with one attached hydrogen (secondary N) is 1. The van der Waals surface area contributed by atoms with Gasteiger partial charge < -0.3 is 15.0 Å². The number of hydrogen-bond donors (Lipinski definition) is 1. The molecule has 0 spiro atoms. The van der Waals surface area contributed by atoms with Crippen LogP contribution < -0.4 is 14.4 Å². The number of ether oxygens (including phenoxy) is 1. The van der Waals surface area contributed by atoms with Crippen molar-refractivity contribution in [2.45, 2.75) is 69.5 Å². The Hall–Kier alpha value is -3.85. The van der Waals surface area contributed by atoms with Crippen molar-refractivity contribution >= 4 is 27.5 Å². The maximum absolute atomic E-state index is 14.0. The molecule has 1 unspecified atom stereocenters. The molecule has 3 aromatic carbocycles. The summed E-state index contributed by atoms with van der Waals surface area (Å²) in [6.45, 7) is 3.72. The number of carbonyl (C=O) groups excluding carboxylic acids is 2. The van der Waals surface area contributed by atoms with Gasteiger partial charge in [-0.3, -0.25) is 13.9 Å². The summed E-state index contributed by atoms with van der Waals surface area (Å²) in [5, 5.41) is 3.12. The molecule has 8 nitrogen and oxygen atoms in total. The Labute approximate surface area is 243 Å². The van der Waals surface area contributed by atoms with Crippen molar-refractivity contribution in [1.82, 2.24) is 10.2 Å². The smallest absolute Gasteiger partial charge is 0.264 e. The first-order chi connectivity index (χ1) is 19.8.